The molecule has 0 bridgehead atoms. The third-order valence-electron chi connectivity index (χ3n) is 1.91. The maximum atomic E-state index is 5.99. The number of hydrogen-bond donors (Lipinski definition) is 1. The van der Waals surface area contributed by atoms with Gasteiger partial charge in [-0.3, -0.25) is 0 Å². The summed E-state index contributed by atoms with van der Waals surface area (Å²) in [6, 6.07) is 5.23. The molecule has 2 N–H and O–H groups in total. The fourth-order valence-electron chi connectivity index (χ4n) is 1.15. The summed E-state index contributed by atoms with van der Waals surface area (Å²) in [5.74, 6) is 0.685. The summed E-state index contributed by atoms with van der Waals surface area (Å²) in [5, 5.41) is 0.501. The Balaban J connectivity index is 2.56. The molecular formula is C11H14ClNO2S. The lowest BCUT2D eigenvalue weighted by atomic mass is 10.2. The second-order valence-electron chi connectivity index (χ2n) is 3.05. The molecule has 0 saturated heterocycles. The first-order chi connectivity index (χ1) is 7.65. The molecule has 1 aromatic carbocycles. The van der Waals surface area contributed by atoms with Crippen LogP contribution in [-0.2, 0) is 4.74 Å². The van der Waals surface area contributed by atoms with E-state index in [9.17, 15) is 0 Å². The highest BCUT2D eigenvalue weighted by Gasteiger charge is 2.04. The van der Waals surface area contributed by atoms with Crippen molar-refractivity contribution in [1.82, 2.24) is 0 Å². The summed E-state index contributed by atoms with van der Waals surface area (Å²) in [7, 11) is 0. The van der Waals surface area contributed by atoms with E-state index >= 15 is 0 Å². The van der Waals surface area contributed by atoms with E-state index < -0.39 is 0 Å². The zero-order chi connectivity index (χ0) is 12.0. The Morgan fingerprint density at radius 3 is 2.75 bits per heavy atom. The number of nitrogens with two attached hydrogens (primary N) is 1. The van der Waals surface area contributed by atoms with Gasteiger partial charge in [0.15, 0.2) is 0 Å². The van der Waals surface area contributed by atoms with Crippen LogP contribution in [0.25, 0.3) is 0 Å². The topological polar surface area (TPSA) is 44.5 Å². The number of ether oxygens (including phenoxy) is 2. The fraction of sp³-hybridized carbons (Fsp3) is 0.364. The molecule has 0 aliphatic heterocycles. The Morgan fingerprint density at radius 1 is 1.44 bits per heavy atom. The molecule has 0 atom stereocenters. The van der Waals surface area contributed by atoms with E-state index in [0.29, 0.717) is 36.2 Å². The van der Waals surface area contributed by atoms with Gasteiger partial charge in [-0.1, -0.05) is 23.8 Å². The summed E-state index contributed by atoms with van der Waals surface area (Å²) in [6.07, 6.45) is 0. The Morgan fingerprint density at radius 2 is 2.19 bits per heavy atom. The van der Waals surface area contributed by atoms with Crippen LogP contribution in [0.4, 0.5) is 0 Å². The molecule has 0 spiro atoms. The zero-order valence-electron chi connectivity index (χ0n) is 9.03. The zero-order valence-corrected chi connectivity index (χ0v) is 10.6. The van der Waals surface area contributed by atoms with Crippen LogP contribution in [0.15, 0.2) is 18.2 Å². The highest BCUT2D eigenvalue weighted by molar-refractivity contribution is 7.80. The van der Waals surface area contributed by atoms with Crippen LogP contribution in [0.2, 0.25) is 5.02 Å². The van der Waals surface area contributed by atoms with Gasteiger partial charge < -0.3 is 15.2 Å². The van der Waals surface area contributed by atoms with Crippen molar-refractivity contribution >= 4 is 28.8 Å². The summed E-state index contributed by atoms with van der Waals surface area (Å²) in [5.41, 5.74) is 6.15. The molecule has 0 amide bonds. The minimum atomic E-state index is 0.283. The molecule has 1 rings (SSSR count). The van der Waals surface area contributed by atoms with Crippen LogP contribution in [0, 0.1) is 0 Å². The molecule has 0 heterocycles. The lowest BCUT2D eigenvalue weighted by molar-refractivity contribution is 0.110. The monoisotopic (exact) mass is 259 g/mol. The highest BCUT2D eigenvalue weighted by Crippen LogP contribution is 2.22. The van der Waals surface area contributed by atoms with E-state index in [0.717, 1.165) is 0 Å². The Bertz CT molecular complexity index is 371. The largest absolute Gasteiger partial charge is 0.491 e. The van der Waals surface area contributed by atoms with Crippen molar-refractivity contribution in [2.75, 3.05) is 19.8 Å². The molecular weight excluding hydrogens is 246 g/mol. The minimum absolute atomic E-state index is 0.283. The van der Waals surface area contributed by atoms with Crippen LogP contribution in [-0.4, -0.2) is 24.8 Å². The number of rotatable bonds is 6. The summed E-state index contributed by atoms with van der Waals surface area (Å²) >= 11 is 10.8. The van der Waals surface area contributed by atoms with Crippen molar-refractivity contribution in [3.8, 4) is 5.75 Å². The van der Waals surface area contributed by atoms with Crippen molar-refractivity contribution < 1.29 is 9.47 Å². The number of thiocarbonyl (C=S) groups is 1. The highest BCUT2D eigenvalue weighted by atomic mass is 35.5. The third kappa shape index (κ3) is 3.96. The van der Waals surface area contributed by atoms with Crippen molar-refractivity contribution in [3.05, 3.63) is 28.8 Å². The van der Waals surface area contributed by atoms with Gasteiger partial charge >= 0.3 is 0 Å². The molecule has 0 aliphatic rings. The first kappa shape index (κ1) is 13.2. The minimum Gasteiger partial charge on any atom is -0.491 e. The molecule has 0 radical (unpaired) electrons. The van der Waals surface area contributed by atoms with E-state index in [4.69, 9.17) is 39.0 Å². The molecule has 0 saturated carbocycles. The Labute approximate surface area is 105 Å². The summed E-state index contributed by atoms with van der Waals surface area (Å²) < 4.78 is 10.6. The maximum absolute atomic E-state index is 5.99. The Hall–Kier alpha value is -0.840. The first-order valence-electron chi connectivity index (χ1n) is 4.95. The third-order valence-corrected chi connectivity index (χ3v) is 2.44. The van der Waals surface area contributed by atoms with Gasteiger partial charge in [0.1, 0.15) is 17.3 Å². The quantitative estimate of drug-likeness (QED) is 0.629. The average molecular weight is 260 g/mol. The SMILES string of the molecule is CCOCCOc1ccc(C(N)=S)c(Cl)c1. The standard InChI is InChI=1S/C11H14ClNO2S/c1-2-14-5-6-15-8-3-4-9(11(13)16)10(12)7-8/h3-4,7H,2,5-6H2,1H3,(H2,13,16). The molecule has 16 heavy (non-hydrogen) atoms. The van der Waals surface area contributed by atoms with Crippen molar-refractivity contribution in [1.29, 1.82) is 0 Å². The fourth-order valence-corrected chi connectivity index (χ4v) is 1.65. The maximum Gasteiger partial charge on any atom is 0.120 e. The van der Waals surface area contributed by atoms with Crippen molar-refractivity contribution in [3.63, 3.8) is 0 Å². The van der Waals surface area contributed by atoms with Gasteiger partial charge in [-0.2, -0.15) is 0 Å². The van der Waals surface area contributed by atoms with Crippen LogP contribution in [0.5, 0.6) is 5.75 Å². The molecule has 0 unspecified atom stereocenters. The van der Waals surface area contributed by atoms with Gasteiger partial charge in [-0.05, 0) is 25.1 Å². The van der Waals surface area contributed by atoms with Gasteiger partial charge in [0.05, 0.1) is 11.6 Å². The van der Waals surface area contributed by atoms with Crippen LogP contribution in [0.1, 0.15) is 12.5 Å². The Kier molecular flexibility index (Phi) is 5.52. The lowest BCUT2D eigenvalue weighted by Crippen LogP contribution is -2.10. The van der Waals surface area contributed by atoms with E-state index in [1.807, 2.05) is 6.92 Å². The smallest absolute Gasteiger partial charge is 0.120 e. The van der Waals surface area contributed by atoms with Gasteiger partial charge in [0.2, 0.25) is 0 Å². The van der Waals surface area contributed by atoms with E-state index in [2.05, 4.69) is 0 Å². The number of benzene rings is 1. The van der Waals surface area contributed by atoms with E-state index in [-0.39, 0.29) is 4.99 Å². The number of hydrogen-bond acceptors (Lipinski definition) is 3. The molecule has 0 fully saturated rings. The normalized spacial score (nSPS) is 10.1. The molecule has 5 heteroatoms. The van der Waals surface area contributed by atoms with Gasteiger partial charge in [0.25, 0.3) is 0 Å². The molecule has 3 nitrogen and oxygen atoms in total. The molecule has 1 aromatic rings. The lowest BCUT2D eigenvalue weighted by Gasteiger charge is -2.08. The average Bonchev–Trinajstić information content (AvgIpc) is 2.24. The molecule has 0 aromatic heterocycles. The molecule has 88 valence electrons. The summed E-state index contributed by atoms with van der Waals surface area (Å²) in [6.45, 7) is 3.68. The van der Waals surface area contributed by atoms with Crippen molar-refractivity contribution in [2.24, 2.45) is 5.73 Å². The molecule has 0 aliphatic carbocycles. The van der Waals surface area contributed by atoms with Gasteiger partial charge in [0, 0.05) is 12.2 Å². The predicted molar refractivity (Wildman–Crippen MR) is 69.3 cm³/mol. The predicted octanol–water partition coefficient (Wildman–Crippen LogP) is 2.39. The first-order valence-corrected chi connectivity index (χ1v) is 5.73. The van der Waals surface area contributed by atoms with Crippen LogP contribution < -0.4 is 10.5 Å². The second kappa shape index (κ2) is 6.68. The van der Waals surface area contributed by atoms with Gasteiger partial charge in [-0.15, -0.1) is 0 Å². The van der Waals surface area contributed by atoms with E-state index in [1.165, 1.54) is 0 Å². The summed E-state index contributed by atoms with van der Waals surface area (Å²) in [4.78, 5) is 0.283. The van der Waals surface area contributed by atoms with E-state index in [1.54, 1.807) is 18.2 Å². The van der Waals surface area contributed by atoms with Crippen LogP contribution >= 0.6 is 23.8 Å². The van der Waals surface area contributed by atoms with Crippen LogP contribution in [0.3, 0.4) is 0 Å². The second-order valence-corrected chi connectivity index (χ2v) is 3.90. The number of halogens is 1. The van der Waals surface area contributed by atoms with Crippen molar-refractivity contribution in [2.45, 2.75) is 6.92 Å². The van der Waals surface area contributed by atoms with Gasteiger partial charge in [-0.25, -0.2) is 0 Å².